The van der Waals surface area contributed by atoms with Crippen LogP contribution in [-0.2, 0) is 0 Å². The maximum atomic E-state index is 9.30. The van der Waals surface area contributed by atoms with Gasteiger partial charge in [0.1, 0.15) is 0 Å². The first kappa shape index (κ1) is 13.5. The van der Waals surface area contributed by atoms with Gasteiger partial charge in [0.05, 0.1) is 6.10 Å². The first-order chi connectivity index (χ1) is 7.52. The molecule has 0 aromatic heterocycles. The van der Waals surface area contributed by atoms with E-state index in [0.29, 0.717) is 12.5 Å². The molecule has 0 heterocycles. The second-order valence-corrected chi connectivity index (χ2v) is 4.91. The summed E-state index contributed by atoms with van der Waals surface area (Å²) in [6.45, 7) is 6.64. The van der Waals surface area contributed by atoms with Gasteiger partial charge in [-0.25, -0.2) is 0 Å². The molecule has 0 bridgehead atoms. The SMILES string of the molecule is CC(C)C(NC[C@@H](C)O)c1ccccc1Cl. The van der Waals surface area contributed by atoms with Gasteiger partial charge >= 0.3 is 0 Å². The van der Waals surface area contributed by atoms with E-state index in [1.165, 1.54) is 0 Å². The zero-order valence-electron chi connectivity index (χ0n) is 10.1. The molecule has 3 heteroatoms. The van der Waals surface area contributed by atoms with Gasteiger partial charge in [-0.3, -0.25) is 0 Å². The number of aliphatic hydroxyl groups is 1. The molecule has 0 aliphatic heterocycles. The van der Waals surface area contributed by atoms with Crippen LogP contribution in [-0.4, -0.2) is 17.8 Å². The fraction of sp³-hybridized carbons (Fsp3) is 0.538. The zero-order valence-corrected chi connectivity index (χ0v) is 10.8. The molecular formula is C13H20ClNO. The summed E-state index contributed by atoms with van der Waals surface area (Å²) >= 11 is 6.18. The maximum Gasteiger partial charge on any atom is 0.0636 e. The van der Waals surface area contributed by atoms with Gasteiger partial charge in [-0.15, -0.1) is 0 Å². The van der Waals surface area contributed by atoms with Crippen molar-refractivity contribution in [3.8, 4) is 0 Å². The van der Waals surface area contributed by atoms with Gasteiger partial charge in [0.2, 0.25) is 0 Å². The third kappa shape index (κ3) is 3.78. The molecule has 0 radical (unpaired) electrons. The molecule has 2 nitrogen and oxygen atoms in total. The highest BCUT2D eigenvalue weighted by molar-refractivity contribution is 6.31. The average Bonchev–Trinajstić information content (AvgIpc) is 2.20. The third-order valence-corrected chi connectivity index (χ3v) is 2.88. The van der Waals surface area contributed by atoms with Crippen molar-refractivity contribution in [2.75, 3.05) is 6.54 Å². The molecule has 0 amide bonds. The van der Waals surface area contributed by atoms with E-state index in [4.69, 9.17) is 11.6 Å². The highest BCUT2D eigenvalue weighted by Gasteiger charge is 2.17. The third-order valence-electron chi connectivity index (χ3n) is 2.54. The van der Waals surface area contributed by atoms with Crippen LogP contribution in [0, 0.1) is 5.92 Å². The van der Waals surface area contributed by atoms with Crippen LogP contribution in [0.25, 0.3) is 0 Å². The summed E-state index contributed by atoms with van der Waals surface area (Å²) in [4.78, 5) is 0. The van der Waals surface area contributed by atoms with Crippen LogP contribution in [0.3, 0.4) is 0 Å². The van der Waals surface area contributed by atoms with E-state index < -0.39 is 0 Å². The van der Waals surface area contributed by atoms with Gasteiger partial charge in [0.25, 0.3) is 0 Å². The molecule has 2 atom stereocenters. The Morgan fingerprint density at radius 3 is 2.38 bits per heavy atom. The number of nitrogens with one attached hydrogen (secondary N) is 1. The standard InChI is InChI=1S/C13H20ClNO/c1-9(2)13(15-8-10(3)16)11-6-4-5-7-12(11)14/h4-7,9-10,13,15-16H,8H2,1-3H3/t10-,13?/m1/s1. The lowest BCUT2D eigenvalue weighted by Crippen LogP contribution is -2.31. The van der Waals surface area contributed by atoms with Crippen LogP contribution >= 0.6 is 11.6 Å². The summed E-state index contributed by atoms with van der Waals surface area (Å²) < 4.78 is 0. The second-order valence-electron chi connectivity index (χ2n) is 4.50. The minimum Gasteiger partial charge on any atom is -0.392 e. The van der Waals surface area contributed by atoms with E-state index in [1.807, 2.05) is 24.3 Å². The summed E-state index contributed by atoms with van der Waals surface area (Å²) in [5.41, 5.74) is 1.10. The van der Waals surface area contributed by atoms with Crippen molar-refractivity contribution in [2.45, 2.75) is 32.9 Å². The summed E-state index contributed by atoms with van der Waals surface area (Å²) in [6, 6.07) is 8.03. The minimum absolute atomic E-state index is 0.184. The van der Waals surface area contributed by atoms with Crippen LogP contribution in [0.1, 0.15) is 32.4 Å². The van der Waals surface area contributed by atoms with Gasteiger partial charge in [0.15, 0.2) is 0 Å². The van der Waals surface area contributed by atoms with E-state index in [1.54, 1.807) is 6.92 Å². The smallest absolute Gasteiger partial charge is 0.0636 e. The number of hydrogen-bond donors (Lipinski definition) is 2. The molecule has 0 aliphatic rings. The van der Waals surface area contributed by atoms with Gasteiger partial charge in [-0.05, 0) is 24.5 Å². The fourth-order valence-electron chi connectivity index (χ4n) is 1.73. The lowest BCUT2D eigenvalue weighted by molar-refractivity contribution is 0.181. The first-order valence-corrected chi connectivity index (χ1v) is 6.06. The van der Waals surface area contributed by atoms with Gasteiger partial charge < -0.3 is 10.4 Å². The highest BCUT2D eigenvalue weighted by atomic mass is 35.5. The van der Waals surface area contributed by atoms with Crippen molar-refractivity contribution in [3.63, 3.8) is 0 Å². The van der Waals surface area contributed by atoms with Crippen molar-refractivity contribution in [1.82, 2.24) is 5.32 Å². The molecule has 0 aliphatic carbocycles. The quantitative estimate of drug-likeness (QED) is 0.831. The van der Waals surface area contributed by atoms with E-state index >= 15 is 0 Å². The Morgan fingerprint density at radius 2 is 1.88 bits per heavy atom. The molecule has 0 saturated carbocycles. The van der Waals surface area contributed by atoms with Crippen molar-refractivity contribution in [3.05, 3.63) is 34.9 Å². The number of benzene rings is 1. The largest absolute Gasteiger partial charge is 0.392 e. The number of halogens is 1. The molecule has 1 rings (SSSR count). The summed E-state index contributed by atoms with van der Waals surface area (Å²) in [6.07, 6.45) is -0.344. The average molecular weight is 242 g/mol. The van der Waals surface area contributed by atoms with Crippen LogP contribution in [0.15, 0.2) is 24.3 Å². The van der Waals surface area contributed by atoms with Crippen LogP contribution < -0.4 is 5.32 Å². The van der Waals surface area contributed by atoms with Gasteiger partial charge in [0, 0.05) is 17.6 Å². The summed E-state index contributed by atoms with van der Waals surface area (Å²) in [5, 5.41) is 13.4. The Hall–Kier alpha value is -0.570. The molecular weight excluding hydrogens is 222 g/mol. The van der Waals surface area contributed by atoms with Crippen molar-refractivity contribution in [2.24, 2.45) is 5.92 Å². The predicted octanol–water partition coefficient (Wildman–Crippen LogP) is 3.01. The lowest BCUT2D eigenvalue weighted by Gasteiger charge is -2.24. The van der Waals surface area contributed by atoms with Crippen LogP contribution in [0.5, 0.6) is 0 Å². The Bertz CT molecular complexity index is 325. The van der Waals surface area contributed by atoms with E-state index in [9.17, 15) is 5.11 Å². The Morgan fingerprint density at radius 1 is 1.25 bits per heavy atom. The van der Waals surface area contributed by atoms with Crippen LogP contribution in [0.2, 0.25) is 5.02 Å². The van der Waals surface area contributed by atoms with Crippen molar-refractivity contribution >= 4 is 11.6 Å². The first-order valence-electron chi connectivity index (χ1n) is 5.68. The predicted molar refractivity (Wildman–Crippen MR) is 68.7 cm³/mol. The van der Waals surface area contributed by atoms with Gasteiger partial charge in [-0.2, -0.15) is 0 Å². The monoisotopic (exact) mass is 241 g/mol. The molecule has 0 spiro atoms. The normalized spacial score (nSPS) is 15.1. The molecule has 90 valence electrons. The minimum atomic E-state index is -0.344. The maximum absolute atomic E-state index is 9.30. The summed E-state index contributed by atoms with van der Waals surface area (Å²) in [5.74, 6) is 0.429. The molecule has 1 aromatic carbocycles. The molecule has 0 fully saturated rings. The van der Waals surface area contributed by atoms with Crippen molar-refractivity contribution in [1.29, 1.82) is 0 Å². The van der Waals surface area contributed by atoms with Crippen molar-refractivity contribution < 1.29 is 5.11 Å². The van der Waals surface area contributed by atoms with Crippen LogP contribution in [0.4, 0.5) is 0 Å². The Kier molecular flexibility index (Phi) is 5.26. The topological polar surface area (TPSA) is 32.3 Å². The molecule has 1 unspecified atom stereocenters. The molecule has 2 N–H and O–H groups in total. The fourth-order valence-corrected chi connectivity index (χ4v) is 1.98. The number of hydrogen-bond acceptors (Lipinski definition) is 2. The Labute approximate surface area is 103 Å². The number of rotatable bonds is 5. The lowest BCUT2D eigenvalue weighted by atomic mass is 9.96. The van der Waals surface area contributed by atoms with Gasteiger partial charge in [-0.1, -0.05) is 43.6 Å². The molecule has 0 saturated heterocycles. The molecule has 16 heavy (non-hydrogen) atoms. The van der Waals surface area contributed by atoms with E-state index in [0.717, 1.165) is 10.6 Å². The zero-order chi connectivity index (χ0) is 12.1. The number of aliphatic hydroxyl groups excluding tert-OH is 1. The molecule has 1 aromatic rings. The van der Waals surface area contributed by atoms with E-state index in [2.05, 4.69) is 19.2 Å². The second kappa shape index (κ2) is 6.24. The summed E-state index contributed by atoms with van der Waals surface area (Å²) in [7, 11) is 0. The van der Waals surface area contributed by atoms with E-state index in [-0.39, 0.29) is 12.1 Å². The Balaban J connectivity index is 2.82. The highest BCUT2D eigenvalue weighted by Crippen LogP contribution is 2.27.